The monoisotopic (exact) mass is 444 g/mol. The highest BCUT2D eigenvalue weighted by Gasteiger charge is 2.21. The normalized spacial score (nSPS) is 21.2. The van der Waals surface area contributed by atoms with E-state index in [1.54, 1.807) is 24.3 Å². The summed E-state index contributed by atoms with van der Waals surface area (Å²) >= 11 is 0. The van der Waals surface area contributed by atoms with Crippen LogP contribution in [0.5, 0.6) is 17.2 Å². The van der Waals surface area contributed by atoms with E-state index < -0.39 is 17.3 Å². The van der Waals surface area contributed by atoms with Gasteiger partial charge in [-0.3, -0.25) is 4.79 Å². The van der Waals surface area contributed by atoms with Gasteiger partial charge in [0, 0.05) is 31.6 Å². The van der Waals surface area contributed by atoms with Crippen molar-refractivity contribution in [3.63, 3.8) is 0 Å². The van der Waals surface area contributed by atoms with Crippen molar-refractivity contribution in [2.45, 2.75) is 57.3 Å². The average Bonchev–Trinajstić information content (AvgIpc) is 2.80. The van der Waals surface area contributed by atoms with Crippen molar-refractivity contribution in [3.8, 4) is 17.2 Å². The minimum Gasteiger partial charge on any atom is -0.507 e. The third-order valence-corrected chi connectivity index (χ3v) is 5.73. The number of hydrogen-bond acceptors (Lipinski definition) is 6. The summed E-state index contributed by atoms with van der Waals surface area (Å²) in [5.74, 6) is -0.901. The molecular formula is C25H29FO6. The van der Waals surface area contributed by atoms with Gasteiger partial charge in [-0.2, -0.15) is 0 Å². The largest absolute Gasteiger partial charge is 0.507 e. The molecule has 2 unspecified atom stereocenters. The Morgan fingerprint density at radius 1 is 1.00 bits per heavy atom. The van der Waals surface area contributed by atoms with Crippen LogP contribution < -0.4 is 9.47 Å². The predicted octanol–water partition coefficient (Wildman–Crippen LogP) is 4.81. The maximum atomic E-state index is 14.6. The van der Waals surface area contributed by atoms with Gasteiger partial charge in [-0.25, -0.2) is 4.39 Å². The second-order valence-corrected chi connectivity index (χ2v) is 8.26. The molecule has 0 amide bonds. The molecule has 2 aromatic rings. The fraction of sp³-hybridized carbons (Fsp3) is 0.480. The Morgan fingerprint density at radius 2 is 1.75 bits per heavy atom. The summed E-state index contributed by atoms with van der Waals surface area (Å²) in [5, 5.41) is 10.3. The summed E-state index contributed by atoms with van der Waals surface area (Å²) in [6.45, 7) is 1.68. The van der Waals surface area contributed by atoms with Crippen LogP contribution in [0.2, 0.25) is 0 Å². The number of ketones is 1. The molecule has 7 heteroatoms. The standard InChI is InChI=1S/C25H29FO6/c26-21-14-20(31-16-19-5-1-3-11-29-19)15-23(28)25(21)22(27)13-17-7-9-18(10-8-17)32-24-6-2-4-12-30-24/h7-10,14-15,19,24,28H,1-6,11-13,16H2. The van der Waals surface area contributed by atoms with Gasteiger partial charge < -0.3 is 24.1 Å². The lowest BCUT2D eigenvalue weighted by atomic mass is 10.0. The van der Waals surface area contributed by atoms with Crippen molar-refractivity contribution in [1.82, 2.24) is 0 Å². The molecule has 0 radical (unpaired) electrons. The first-order valence-electron chi connectivity index (χ1n) is 11.3. The number of carbonyl (C=O) groups excluding carboxylic acids is 1. The molecule has 2 aromatic carbocycles. The highest BCUT2D eigenvalue weighted by molar-refractivity contribution is 6.00. The predicted molar refractivity (Wildman–Crippen MR) is 116 cm³/mol. The molecule has 2 aliphatic rings. The Labute approximate surface area is 187 Å². The van der Waals surface area contributed by atoms with Crippen LogP contribution in [-0.2, 0) is 15.9 Å². The fourth-order valence-corrected chi connectivity index (χ4v) is 3.97. The molecule has 0 spiro atoms. The molecule has 0 aliphatic carbocycles. The van der Waals surface area contributed by atoms with Crippen molar-refractivity contribution >= 4 is 5.78 Å². The van der Waals surface area contributed by atoms with E-state index in [4.69, 9.17) is 18.9 Å². The zero-order chi connectivity index (χ0) is 22.3. The SMILES string of the molecule is O=C(Cc1ccc(OC2CCCCO2)cc1)c1c(O)cc(OCC2CCCCO2)cc1F. The molecular weight excluding hydrogens is 415 g/mol. The lowest BCUT2D eigenvalue weighted by Gasteiger charge is -2.23. The summed E-state index contributed by atoms with van der Waals surface area (Å²) in [4.78, 5) is 12.7. The van der Waals surface area contributed by atoms with Crippen LogP contribution in [-0.4, -0.2) is 43.1 Å². The second kappa shape index (κ2) is 10.8. The molecule has 0 saturated carbocycles. The number of rotatable bonds is 8. The highest BCUT2D eigenvalue weighted by atomic mass is 19.1. The Balaban J connectivity index is 1.34. The van der Waals surface area contributed by atoms with E-state index >= 15 is 0 Å². The quantitative estimate of drug-likeness (QED) is 0.589. The molecule has 1 N–H and O–H groups in total. The van der Waals surface area contributed by atoms with Gasteiger partial charge in [0.25, 0.3) is 0 Å². The Hall–Kier alpha value is -2.64. The maximum absolute atomic E-state index is 14.6. The lowest BCUT2D eigenvalue weighted by Crippen LogP contribution is -2.25. The molecule has 172 valence electrons. The number of ether oxygens (including phenoxy) is 4. The van der Waals surface area contributed by atoms with Crippen molar-refractivity contribution in [2.24, 2.45) is 0 Å². The molecule has 4 rings (SSSR count). The van der Waals surface area contributed by atoms with Crippen molar-refractivity contribution in [3.05, 3.63) is 53.3 Å². The fourth-order valence-electron chi connectivity index (χ4n) is 3.97. The van der Waals surface area contributed by atoms with E-state index in [0.717, 1.165) is 44.6 Å². The van der Waals surface area contributed by atoms with E-state index in [1.165, 1.54) is 6.07 Å². The summed E-state index contributed by atoms with van der Waals surface area (Å²) in [6.07, 6.45) is 5.65. The number of benzene rings is 2. The van der Waals surface area contributed by atoms with E-state index in [-0.39, 0.29) is 36.7 Å². The topological polar surface area (TPSA) is 74.2 Å². The molecule has 2 fully saturated rings. The molecule has 2 heterocycles. The van der Waals surface area contributed by atoms with Crippen molar-refractivity contribution < 1.29 is 33.2 Å². The lowest BCUT2D eigenvalue weighted by molar-refractivity contribution is -0.105. The number of phenolic OH excluding ortho intramolecular Hbond substituents is 1. The molecule has 2 saturated heterocycles. The third kappa shape index (κ3) is 5.99. The van der Waals surface area contributed by atoms with Crippen LogP contribution in [0, 0.1) is 5.82 Å². The average molecular weight is 444 g/mol. The number of halogens is 1. The van der Waals surface area contributed by atoms with E-state index in [0.29, 0.717) is 24.5 Å². The van der Waals surface area contributed by atoms with Gasteiger partial charge in [0.15, 0.2) is 12.1 Å². The summed E-state index contributed by atoms with van der Waals surface area (Å²) in [5.41, 5.74) is 0.364. The Kier molecular flexibility index (Phi) is 7.60. The van der Waals surface area contributed by atoms with Gasteiger partial charge in [-0.15, -0.1) is 0 Å². The number of hydrogen-bond donors (Lipinski definition) is 1. The van der Waals surface area contributed by atoms with Gasteiger partial charge in [0.2, 0.25) is 0 Å². The first kappa shape index (κ1) is 22.6. The Bertz CT molecular complexity index is 878. The van der Waals surface area contributed by atoms with Crippen LogP contribution in [0.3, 0.4) is 0 Å². The molecule has 32 heavy (non-hydrogen) atoms. The highest BCUT2D eigenvalue weighted by Crippen LogP contribution is 2.29. The molecule has 2 aliphatic heterocycles. The summed E-state index contributed by atoms with van der Waals surface area (Å²) in [6, 6.07) is 9.46. The van der Waals surface area contributed by atoms with Crippen LogP contribution in [0.4, 0.5) is 4.39 Å². The molecule has 6 nitrogen and oxygen atoms in total. The van der Waals surface area contributed by atoms with E-state index in [1.807, 2.05) is 0 Å². The minimum absolute atomic E-state index is 0.0353. The van der Waals surface area contributed by atoms with Gasteiger partial charge >= 0.3 is 0 Å². The molecule has 0 aromatic heterocycles. The van der Waals surface area contributed by atoms with Crippen molar-refractivity contribution in [2.75, 3.05) is 19.8 Å². The van der Waals surface area contributed by atoms with Gasteiger partial charge in [0.1, 0.15) is 29.7 Å². The van der Waals surface area contributed by atoms with Crippen LogP contribution in [0.25, 0.3) is 0 Å². The minimum atomic E-state index is -0.802. The van der Waals surface area contributed by atoms with Crippen LogP contribution in [0.1, 0.15) is 54.4 Å². The van der Waals surface area contributed by atoms with Crippen LogP contribution in [0.15, 0.2) is 36.4 Å². The maximum Gasteiger partial charge on any atom is 0.199 e. The zero-order valence-corrected chi connectivity index (χ0v) is 18.1. The molecule has 2 atom stereocenters. The second-order valence-electron chi connectivity index (χ2n) is 8.26. The van der Waals surface area contributed by atoms with E-state index in [2.05, 4.69) is 0 Å². The third-order valence-electron chi connectivity index (χ3n) is 5.73. The number of Topliss-reactive ketones (excluding diaryl/α,β-unsaturated/α-hetero) is 1. The first-order valence-corrected chi connectivity index (χ1v) is 11.3. The van der Waals surface area contributed by atoms with Crippen molar-refractivity contribution in [1.29, 1.82) is 0 Å². The molecule has 0 bridgehead atoms. The van der Waals surface area contributed by atoms with E-state index in [9.17, 15) is 14.3 Å². The zero-order valence-electron chi connectivity index (χ0n) is 18.1. The Morgan fingerprint density at radius 3 is 2.41 bits per heavy atom. The number of aromatic hydroxyl groups is 1. The van der Waals surface area contributed by atoms with Crippen LogP contribution >= 0.6 is 0 Å². The van der Waals surface area contributed by atoms with Gasteiger partial charge in [-0.1, -0.05) is 12.1 Å². The number of carbonyl (C=O) groups is 1. The van der Waals surface area contributed by atoms with Gasteiger partial charge in [-0.05, 0) is 49.8 Å². The smallest absolute Gasteiger partial charge is 0.199 e. The van der Waals surface area contributed by atoms with Gasteiger partial charge in [0.05, 0.1) is 18.3 Å². The first-order chi connectivity index (χ1) is 15.6. The number of phenols is 1. The summed E-state index contributed by atoms with van der Waals surface area (Å²) < 4.78 is 37.1. The summed E-state index contributed by atoms with van der Waals surface area (Å²) in [7, 11) is 0.